The Hall–Kier alpha value is -2.20. The lowest BCUT2D eigenvalue weighted by atomic mass is 10.2. The monoisotopic (exact) mass is 396 g/mol. The highest BCUT2D eigenvalue weighted by Crippen LogP contribution is 2.24. The number of esters is 1. The van der Waals surface area contributed by atoms with Crippen molar-refractivity contribution in [3.8, 4) is 0 Å². The van der Waals surface area contributed by atoms with Crippen molar-refractivity contribution in [1.82, 2.24) is 15.0 Å². The number of ether oxygens (including phenoxy) is 1. The first-order valence-corrected chi connectivity index (χ1v) is 10.1. The molecule has 0 aromatic carbocycles. The summed E-state index contributed by atoms with van der Waals surface area (Å²) in [5.74, 6) is 0.103. The highest BCUT2D eigenvalue weighted by atomic mass is 32.2. The van der Waals surface area contributed by atoms with Crippen molar-refractivity contribution >= 4 is 40.1 Å². The highest BCUT2D eigenvalue weighted by molar-refractivity contribution is 7.97. The van der Waals surface area contributed by atoms with E-state index in [4.69, 9.17) is 4.74 Å². The Kier molecular flexibility index (Phi) is 6.92. The number of nitrogens with zero attached hydrogens (tertiary/aromatic N) is 2. The normalized spacial score (nSPS) is 10.8. The number of thiazole rings is 1. The van der Waals surface area contributed by atoms with Gasteiger partial charge in [0.15, 0.2) is 5.13 Å². The summed E-state index contributed by atoms with van der Waals surface area (Å²) in [4.78, 5) is 47.3. The van der Waals surface area contributed by atoms with Gasteiger partial charge >= 0.3 is 5.97 Å². The molecule has 0 fully saturated rings. The van der Waals surface area contributed by atoms with E-state index in [-0.39, 0.29) is 16.7 Å². The maximum Gasteiger partial charge on any atom is 0.350 e. The molecule has 1 amide bonds. The Balaban J connectivity index is 2.14. The van der Waals surface area contributed by atoms with Crippen LogP contribution < -0.4 is 10.9 Å². The number of aromatic nitrogens is 3. The molecule has 2 aromatic rings. The molecule has 0 saturated heterocycles. The standard InChI is InChI=1S/C16H20N4O4S2/c1-8(2)6-24-15(23)13-9(3)17-16(26-13)20-14(22)10-5-12(21)19-11(18-10)7-25-4/h5,8H,6-7H2,1-4H3,(H,17,20,22)(H,18,19,21). The van der Waals surface area contributed by atoms with Crippen molar-refractivity contribution in [1.29, 1.82) is 0 Å². The summed E-state index contributed by atoms with van der Waals surface area (Å²) in [6.07, 6.45) is 1.87. The van der Waals surface area contributed by atoms with Crippen LogP contribution in [0, 0.1) is 12.8 Å². The topological polar surface area (TPSA) is 114 Å². The number of aryl methyl sites for hydroxylation is 1. The molecule has 0 atom stereocenters. The maximum absolute atomic E-state index is 12.3. The Morgan fingerprint density at radius 3 is 2.77 bits per heavy atom. The second-order valence-electron chi connectivity index (χ2n) is 5.89. The van der Waals surface area contributed by atoms with Crippen LogP contribution in [0.15, 0.2) is 10.9 Å². The summed E-state index contributed by atoms with van der Waals surface area (Å²) in [6, 6.07) is 1.12. The largest absolute Gasteiger partial charge is 0.461 e. The van der Waals surface area contributed by atoms with E-state index in [2.05, 4.69) is 20.3 Å². The number of rotatable bonds is 7. The molecule has 2 heterocycles. The Labute approximate surface area is 158 Å². The second kappa shape index (κ2) is 8.95. The maximum atomic E-state index is 12.3. The fourth-order valence-electron chi connectivity index (χ4n) is 1.94. The lowest BCUT2D eigenvalue weighted by molar-refractivity contribution is 0.0463. The summed E-state index contributed by atoms with van der Waals surface area (Å²) < 4.78 is 5.19. The van der Waals surface area contributed by atoms with Gasteiger partial charge in [0.2, 0.25) is 0 Å². The molecule has 2 rings (SSSR count). The summed E-state index contributed by atoms with van der Waals surface area (Å²) >= 11 is 2.50. The molecule has 0 spiro atoms. The van der Waals surface area contributed by atoms with Gasteiger partial charge in [-0.2, -0.15) is 11.8 Å². The molecular weight excluding hydrogens is 376 g/mol. The molecule has 0 unspecified atom stereocenters. The van der Waals surface area contributed by atoms with E-state index >= 15 is 0 Å². The van der Waals surface area contributed by atoms with Crippen molar-refractivity contribution in [3.05, 3.63) is 38.5 Å². The first kappa shape index (κ1) is 20.1. The number of amides is 1. The molecule has 0 bridgehead atoms. The summed E-state index contributed by atoms with van der Waals surface area (Å²) in [5, 5.41) is 2.82. The average Bonchev–Trinajstić information content (AvgIpc) is 2.92. The average molecular weight is 396 g/mol. The van der Waals surface area contributed by atoms with E-state index in [0.717, 1.165) is 17.4 Å². The summed E-state index contributed by atoms with van der Waals surface area (Å²) in [7, 11) is 0. The number of H-pyrrole nitrogens is 1. The zero-order chi connectivity index (χ0) is 19.3. The molecule has 0 aliphatic carbocycles. The lowest BCUT2D eigenvalue weighted by Gasteiger charge is -2.05. The van der Waals surface area contributed by atoms with Crippen LogP contribution in [-0.2, 0) is 10.5 Å². The van der Waals surface area contributed by atoms with Gasteiger partial charge in [-0.3, -0.25) is 14.9 Å². The van der Waals surface area contributed by atoms with Crippen LogP contribution in [0.2, 0.25) is 0 Å². The third-order valence-corrected chi connectivity index (χ3v) is 4.67. The van der Waals surface area contributed by atoms with E-state index in [0.29, 0.717) is 28.8 Å². The summed E-state index contributed by atoms with van der Waals surface area (Å²) in [5.41, 5.74) is 0.0676. The zero-order valence-electron chi connectivity index (χ0n) is 14.9. The minimum Gasteiger partial charge on any atom is -0.461 e. The third-order valence-electron chi connectivity index (χ3n) is 3.05. The predicted octanol–water partition coefficient (Wildman–Crippen LogP) is 2.46. The van der Waals surface area contributed by atoms with Crippen LogP contribution in [0.4, 0.5) is 5.13 Å². The predicted molar refractivity (Wildman–Crippen MR) is 102 cm³/mol. The number of carbonyl (C=O) groups is 2. The van der Waals surface area contributed by atoms with Crippen LogP contribution in [-0.4, -0.2) is 39.7 Å². The number of nitrogens with one attached hydrogen (secondary N) is 2. The van der Waals surface area contributed by atoms with E-state index in [1.807, 2.05) is 20.1 Å². The van der Waals surface area contributed by atoms with E-state index in [9.17, 15) is 14.4 Å². The highest BCUT2D eigenvalue weighted by Gasteiger charge is 2.19. The molecule has 0 saturated carbocycles. The fraction of sp³-hybridized carbons (Fsp3) is 0.438. The van der Waals surface area contributed by atoms with Crippen LogP contribution in [0.3, 0.4) is 0 Å². The van der Waals surface area contributed by atoms with Crippen molar-refractivity contribution < 1.29 is 14.3 Å². The lowest BCUT2D eigenvalue weighted by Crippen LogP contribution is -2.20. The SMILES string of the molecule is CSCc1nc(C(=O)Nc2nc(C)c(C(=O)OCC(C)C)s2)cc(=O)[nH]1. The van der Waals surface area contributed by atoms with Gasteiger partial charge < -0.3 is 9.72 Å². The second-order valence-corrected chi connectivity index (χ2v) is 7.76. The molecule has 0 aliphatic rings. The molecule has 0 radical (unpaired) electrons. The molecule has 26 heavy (non-hydrogen) atoms. The van der Waals surface area contributed by atoms with Crippen molar-refractivity contribution in [2.75, 3.05) is 18.2 Å². The first-order chi connectivity index (χ1) is 12.3. The molecule has 0 aliphatic heterocycles. The van der Waals surface area contributed by atoms with Gasteiger partial charge in [-0.15, -0.1) is 0 Å². The molecule has 10 heteroatoms. The molecule has 8 nitrogen and oxygen atoms in total. The molecule has 140 valence electrons. The number of carbonyl (C=O) groups excluding carboxylic acids is 2. The zero-order valence-corrected chi connectivity index (χ0v) is 16.5. The van der Waals surface area contributed by atoms with Crippen LogP contribution in [0.1, 0.15) is 45.5 Å². The van der Waals surface area contributed by atoms with Gasteiger partial charge in [-0.1, -0.05) is 25.2 Å². The van der Waals surface area contributed by atoms with Gasteiger partial charge in [0.05, 0.1) is 18.1 Å². The van der Waals surface area contributed by atoms with Gasteiger partial charge in [0.25, 0.3) is 11.5 Å². The van der Waals surface area contributed by atoms with E-state index < -0.39 is 17.4 Å². The number of hydrogen-bond donors (Lipinski definition) is 2. The minimum absolute atomic E-state index is 0.00501. The minimum atomic E-state index is -0.561. The van der Waals surface area contributed by atoms with Gasteiger partial charge in [0, 0.05) is 6.07 Å². The number of thioether (sulfide) groups is 1. The Morgan fingerprint density at radius 1 is 1.38 bits per heavy atom. The van der Waals surface area contributed by atoms with Crippen molar-refractivity contribution in [2.24, 2.45) is 5.92 Å². The number of anilines is 1. The number of hydrogen-bond acceptors (Lipinski definition) is 8. The van der Waals surface area contributed by atoms with E-state index in [1.54, 1.807) is 6.92 Å². The van der Waals surface area contributed by atoms with Gasteiger partial charge in [0.1, 0.15) is 16.4 Å². The van der Waals surface area contributed by atoms with Crippen molar-refractivity contribution in [2.45, 2.75) is 26.5 Å². The molecular formula is C16H20N4O4S2. The Bertz CT molecular complexity index is 860. The molecule has 2 aromatic heterocycles. The van der Waals surface area contributed by atoms with Crippen LogP contribution in [0.5, 0.6) is 0 Å². The number of aromatic amines is 1. The van der Waals surface area contributed by atoms with Gasteiger partial charge in [-0.25, -0.2) is 14.8 Å². The smallest absolute Gasteiger partial charge is 0.350 e. The third kappa shape index (κ3) is 5.40. The quantitative estimate of drug-likeness (QED) is 0.691. The molecule has 2 N–H and O–H groups in total. The van der Waals surface area contributed by atoms with Crippen LogP contribution in [0.25, 0.3) is 0 Å². The van der Waals surface area contributed by atoms with E-state index in [1.165, 1.54) is 11.8 Å². The fourth-order valence-corrected chi connectivity index (χ4v) is 3.20. The van der Waals surface area contributed by atoms with Gasteiger partial charge in [-0.05, 0) is 19.1 Å². The first-order valence-electron chi connectivity index (χ1n) is 7.85. The summed E-state index contributed by atoms with van der Waals surface area (Å²) in [6.45, 7) is 5.86. The van der Waals surface area contributed by atoms with Crippen molar-refractivity contribution in [3.63, 3.8) is 0 Å². The Morgan fingerprint density at radius 2 is 2.12 bits per heavy atom. The van der Waals surface area contributed by atoms with Crippen LogP contribution >= 0.6 is 23.1 Å².